The Hall–Kier alpha value is -0.520. The highest BCUT2D eigenvalue weighted by atomic mass is 35.5. The Labute approximate surface area is 123 Å². The fourth-order valence-electron chi connectivity index (χ4n) is 2.11. The van der Waals surface area contributed by atoms with Crippen LogP contribution < -0.4 is 4.90 Å². The largest absolute Gasteiger partial charge is 0.374 e. The number of hydrogen-bond donors (Lipinski definition) is 0. The zero-order valence-electron chi connectivity index (χ0n) is 11.6. The summed E-state index contributed by atoms with van der Waals surface area (Å²) in [6, 6.07) is 2.29. The molecule has 0 radical (unpaired) electrons. The zero-order valence-corrected chi connectivity index (χ0v) is 13.2. The Morgan fingerprint density at radius 3 is 3.00 bits per heavy atom. The number of anilines is 1. The van der Waals surface area contributed by atoms with Crippen LogP contribution in [0.25, 0.3) is 0 Å². The van der Waals surface area contributed by atoms with Crippen LogP contribution in [0.5, 0.6) is 0 Å². The van der Waals surface area contributed by atoms with Crippen molar-refractivity contribution in [1.29, 1.82) is 0 Å². The van der Waals surface area contributed by atoms with Gasteiger partial charge in [-0.05, 0) is 13.8 Å². The summed E-state index contributed by atoms with van der Waals surface area (Å²) in [6.45, 7) is 8.50. The molecule has 0 N–H and O–H groups in total. The lowest BCUT2D eigenvalue weighted by atomic mass is 10.2. The van der Waals surface area contributed by atoms with Crippen molar-refractivity contribution in [2.24, 2.45) is 0 Å². The summed E-state index contributed by atoms with van der Waals surface area (Å²) in [5, 5.41) is 1.08. The minimum Gasteiger partial charge on any atom is -0.374 e. The van der Waals surface area contributed by atoms with Crippen LogP contribution in [0.2, 0.25) is 5.15 Å². The predicted molar refractivity (Wildman–Crippen MR) is 81.1 cm³/mol. The Balaban J connectivity index is 2.20. The lowest BCUT2D eigenvalue weighted by Gasteiger charge is -2.38. The number of hydrogen-bond acceptors (Lipinski definition) is 5. The summed E-state index contributed by atoms with van der Waals surface area (Å²) in [5.74, 6) is 2.69. The third kappa shape index (κ3) is 3.74. The summed E-state index contributed by atoms with van der Waals surface area (Å²) in [4.78, 5) is 11.1. The van der Waals surface area contributed by atoms with Crippen LogP contribution in [-0.4, -0.2) is 40.2 Å². The van der Waals surface area contributed by atoms with Crippen molar-refractivity contribution in [2.75, 3.05) is 23.8 Å². The lowest BCUT2D eigenvalue weighted by Crippen LogP contribution is -2.45. The topological polar surface area (TPSA) is 38.2 Å². The second-order valence-corrected chi connectivity index (χ2v) is 6.48. The minimum atomic E-state index is 0.413. The van der Waals surface area contributed by atoms with E-state index in [1.165, 1.54) is 0 Å². The molecule has 2 atom stereocenters. The van der Waals surface area contributed by atoms with E-state index in [4.69, 9.17) is 16.3 Å². The van der Waals surface area contributed by atoms with Gasteiger partial charge in [0.1, 0.15) is 17.6 Å². The Kier molecular flexibility index (Phi) is 5.30. The lowest BCUT2D eigenvalue weighted by molar-refractivity contribution is 0.128. The van der Waals surface area contributed by atoms with Gasteiger partial charge in [0.05, 0.1) is 0 Å². The van der Waals surface area contributed by atoms with Crippen molar-refractivity contribution in [1.82, 2.24) is 9.97 Å². The van der Waals surface area contributed by atoms with Crippen LogP contribution in [0.15, 0.2) is 6.07 Å². The molecule has 0 aliphatic carbocycles. The summed E-state index contributed by atoms with van der Waals surface area (Å²) in [7, 11) is 0. The molecule has 1 aromatic heterocycles. The molecule has 19 heavy (non-hydrogen) atoms. The minimum absolute atomic E-state index is 0.413. The number of ether oxygens (including phenoxy) is 1. The maximum atomic E-state index is 6.09. The Morgan fingerprint density at radius 2 is 2.26 bits per heavy atom. The maximum absolute atomic E-state index is 6.09. The smallest absolute Gasteiger partial charge is 0.158 e. The quantitative estimate of drug-likeness (QED) is 0.799. The van der Waals surface area contributed by atoms with E-state index in [9.17, 15) is 0 Å². The summed E-state index contributed by atoms with van der Waals surface area (Å²) < 4.78 is 5.36. The number of halogens is 1. The SMILES string of the molecule is CCOCc1nc(Cl)cc(N2CCSC(C)C2C)n1. The van der Waals surface area contributed by atoms with Gasteiger partial charge in [0.2, 0.25) is 0 Å². The molecule has 0 amide bonds. The summed E-state index contributed by atoms with van der Waals surface area (Å²) >= 11 is 8.10. The van der Waals surface area contributed by atoms with Crippen LogP contribution in [0.1, 0.15) is 26.6 Å². The van der Waals surface area contributed by atoms with E-state index in [2.05, 4.69) is 28.7 Å². The monoisotopic (exact) mass is 301 g/mol. The standard InChI is InChI=1S/C13H20ClN3OS/c1-4-18-8-12-15-11(14)7-13(16-12)17-5-6-19-10(3)9(17)2/h7,9-10H,4-6,8H2,1-3H3. The van der Waals surface area contributed by atoms with Crippen molar-refractivity contribution < 1.29 is 4.74 Å². The van der Waals surface area contributed by atoms with Crippen molar-refractivity contribution in [3.8, 4) is 0 Å². The first kappa shape index (κ1) is 14.9. The molecule has 2 rings (SSSR count). The highest BCUT2D eigenvalue weighted by Crippen LogP contribution is 2.28. The molecule has 2 unspecified atom stereocenters. The van der Waals surface area contributed by atoms with E-state index in [1.54, 1.807) is 0 Å². The summed E-state index contributed by atoms with van der Waals surface area (Å²) in [5.41, 5.74) is 0. The normalized spacial score (nSPS) is 23.7. The maximum Gasteiger partial charge on any atom is 0.158 e. The molecule has 0 saturated carbocycles. The second-order valence-electron chi connectivity index (χ2n) is 4.61. The fraction of sp³-hybridized carbons (Fsp3) is 0.692. The van der Waals surface area contributed by atoms with Gasteiger partial charge >= 0.3 is 0 Å². The number of nitrogens with zero attached hydrogens (tertiary/aromatic N) is 3. The first-order chi connectivity index (χ1) is 9.11. The Morgan fingerprint density at radius 1 is 1.47 bits per heavy atom. The van der Waals surface area contributed by atoms with Crippen LogP contribution in [0.3, 0.4) is 0 Å². The highest BCUT2D eigenvalue weighted by Gasteiger charge is 2.26. The van der Waals surface area contributed by atoms with Gasteiger partial charge in [0.25, 0.3) is 0 Å². The Bertz CT molecular complexity index is 432. The second kappa shape index (κ2) is 6.77. The van der Waals surface area contributed by atoms with Gasteiger partial charge < -0.3 is 9.64 Å². The molecule has 0 spiro atoms. The van der Waals surface area contributed by atoms with Gasteiger partial charge in [-0.1, -0.05) is 18.5 Å². The van der Waals surface area contributed by atoms with Gasteiger partial charge in [-0.3, -0.25) is 0 Å². The fourth-order valence-corrected chi connectivity index (χ4v) is 3.41. The van der Waals surface area contributed by atoms with Gasteiger partial charge in [-0.15, -0.1) is 0 Å². The third-order valence-electron chi connectivity index (χ3n) is 3.34. The first-order valence-corrected chi connectivity index (χ1v) is 8.04. The molecule has 1 aromatic rings. The number of rotatable bonds is 4. The van der Waals surface area contributed by atoms with Crippen LogP contribution in [0.4, 0.5) is 5.82 Å². The zero-order chi connectivity index (χ0) is 13.8. The van der Waals surface area contributed by atoms with Crippen molar-refractivity contribution in [3.05, 3.63) is 17.0 Å². The summed E-state index contributed by atoms with van der Waals surface area (Å²) in [6.07, 6.45) is 0. The average molecular weight is 302 g/mol. The number of aromatic nitrogens is 2. The number of thioether (sulfide) groups is 1. The van der Waals surface area contributed by atoms with Gasteiger partial charge in [-0.25, -0.2) is 9.97 Å². The van der Waals surface area contributed by atoms with Gasteiger partial charge in [-0.2, -0.15) is 11.8 Å². The molecule has 0 aromatic carbocycles. The van der Waals surface area contributed by atoms with E-state index in [-0.39, 0.29) is 0 Å². The van der Waals surface area contributed by atoms with E-state index < -0.39 is 0 Å². The molecule has 2 heterocycles. The third-order valence-corrected chi connectivity index (χ3v) is 4.87. The van der Waals surface area contributed by atoms with Crippen molar-refractivity contribution in [3.63, 3.8) is 0 Å². The van der Waals surface area contributed by atoms with Crippen LogP contribution in [0, 0.1) is 0 Å². The molecule has 106 valence electrons. The molecule has 1 saturated heterocycles. The molecule has 1 aliphatic heterocycles. The molecule has 0 bridgehead atoms. The van der Waals surface area contributed by atoms with E-state index in [1.807, 2.05) is 24.8 Å². The van der Waals surface area contributed by atoms with Crippen LogP contribution in [-0.2, 0) is 11.3 Å². The van der Waals surface area contributed by atoms with Crippen molar-refractivity contribution in [2.45, 2.75) is 38.7 Å². The molecule has 1 aliphatic rings. The van der Waals surface area contributed by atoms with E-state index >= 15 is 0 Å². The van der Waals surface area contributed by atoms with Gasteiger partial charge in [0.15, 0.2) is 5.82 Å². The van der Waals surface area contributed by atoms with E-state index in [0.717, 1.165) is 18.1 Å². The van der Waals surface area contributed by atoms with Crippen LogP contribution >= 0.6 is 23.4 Å². The highest BCUT2D eigenvalue weighted by molar-refractivity contribution is 8.00. The molecule has 4 nitrogen and oxygen atoms in total. The average Bonchev–Trinajstić information content (AvgIpc) is 2.39. The van der Waals surface area contributed by atoms with Crippen molar-refractivity contribution >= 4 is 29.2 Å². The predicted octanol–water partition coefficient (Wildman–Crippen LogP) is 3.00. The van der Waals surface area contributed by atoms with Gasteiger partial charge in [0, 0.05) is 36.3 Å². The first-order valence-electron chi connectivity index (χ1n) is 6.61. The molecule has 6 heteroatoms. The molecular weight excluding hydrogens is 282 g/mol. The van der Waals surface area contributed by atoms with E-state index in [0.29, 0.717) is 35.5 Å². The molecular formula is C13H20ClN3OS. The molecule has 1 fully saturated rings.